The van der Waals surface area contributed by atoms with E-state index in [4.69, 9.17) is 4.74 Å². The van der Waals surface area contributed by atoms with Crippen LogP contribution in [0.4, 0.5) is 29.0 Å². The minimum atomic E-state index is -4.79. The largest absolute Gasteiger partial charge is 0.573 e. The lowest BCUT2D eigenvalue weighted by atomic mass is 10.1. The third kappa shape index (κ3) is 4.84. The van der Waals surface area contributed by atoms with Gasteiger partial charge in [0.15, 0.2) is 5.13 Å². The Balaban J connectivity index is 1.67. The van der Waals surface area contributed by atoms with Gasteiger partial charge in [-0.1, -0.05) is 11.3 Å². The Kier molecular flexibility index (Phi) is 6.39. The number of urea groups is 1. The summed E-state index contributed by atoms with van der Waals surface area (Å²) >= 11 is 1.13. The molecular formula is C22H21F3N6O4S. The molecule has 190 valence electrons. The number of imide groups is 1. The molecule has 0 bridgehead atoms. The SMILES string of the molecule is COc1cc2c(cc1C(=O)N(C)C(=O)N(C)C)nc(Nc1nc3ccc(OC(F)(F)F)cc3s1)n2C. The first-order valence-corrected chi connectivity index (χ1v) is 11.2. The highest BCUT2D eigenvalue weighted by Crippen LogP contribution is 2.34. The molecule has 0 saturated carbocycles. The molecule has 2 aromatic carbocycles. The number of nitrogens with zero attached hydrogens (tertiary/aromatic N) is 5. The molecule has 3 amide bonds. The zero-order valence-corrected chi connectivity index (χ0v) is 20.6. The zero-order chi connectivity index (χ0) is 26.4. The zero-order valence-electron chi connectivity index (χ0n) is 19.8. The van der Waals surface area contributed by atoms with Gasteiger partial charge in [0, 0.05) is 40.3 Å². The van der Waals surface area contributed by atoms with Crippen molar-refractivity contribution in [3.05, 3.63) is 35.9 Å². The quantitative estimate of drug-likeness (QED) is 0.409. The number of carbonyl (C=O) groups is 2. The van der Waals surface area contributed by atoms with Gasteiger partial charge in [-0.2, -0.15) is 0 Å². The van der Waals surface area contributed by atoms with E-state index in [1.807, 2.05) is 0 Å². The van der Waals surface area contributed by atoms with Crippen LogP contribution in [0.15, 0.2) is 30.3 Å². The number of benzene rings is 2. The first kappa shape index (κ1) is 25.0. The van der Waals surface area contributed by atoms with Crippen LogP contribution in [0, 0.1) is 0 Å². The second-order valence-corrected chi connectivity index (χ2v) is 8.93. The number of methoxy groups -OCH3 is 1. The van der Waals surface area contributed by atoms with Crippen molar-refractivity contribution in [3.63, 3.8) is 0 Å². The number of carbonyl (C=O) groups excluding carboxylic acids is 2. The van der Waals surface area contributed by atoms with E-state index in [0.717, 1.165) is 16.2 Å². The highest BCUT2D eigenvalue weighted by Gasteiger charge is 2.31. The monoisotopic (exact) mass is 522 g/mol. The van der Waals surface area contributed by atoms with Crippen molar-refractivity contribution in [2.24, 2.45) is 7.05 Å². The maximum Gasteiger partial charge on any atom is 0.573 e. The number of rotatable bonds is 5. The smallest absolute Gasteiger partial charge is 0.496 e. The van der Waals surface area contributed by atoms with Gasteiger partial charge >= 0.3 is 12.4 Å². The van der Waals surface area contributed by atoms with Crippen molar-refractivity contribution in [3.8, 4) is 11.5 Å². The lowest BCUT2D eigenvalue weighted by molar-refractivity contribution is -0.274. The van der Waals surface area contributed by atoms with Gasteiger partial charge in [0.2, 0.25) is 5.95 Å². The molecule has 10 nitrogen and oxygen atoms in total. The van der Waals surface area contributed by atoms with Crippen LogP contribution in [-0.4, -0.2) is 70.9 Å². The molecule has 4 rings (SSSR count). The van der Waals surface area contributed by atoms with E-state index in [-0.39, 0.29) is 17.1 Å². The second kappa shape index (κ2) is 9.18. The molecule has 36 heavy (non-hydrogen) atoms. The van der Waals surface area contributed by atoms with Crippen LogP contribution in [-0.2, 0) is 7.05 Å². The average Bonchev–Trinajstić information content (AvgIpc) is 3.35. The number of nitrogens with one attached hydrogen (secondary N) is 1. The van der Waals surface area contributed by atoms with E-state index in [9.17, 15) is 22.8 Å². The highest BCUT2D eigenvalue weighted by molar-refractivity contribution is 7.22. The Bertz CT molecular complexity index is 1480. The topological polar surface area (TPSA) is 102 Å². The summed E-state index contributed by atoms with van der Waals surface area (Å²) in [5.41, 5.74) is 1.73. The number of hydrogen-bond acceptors (Lipinski definition) is 8. The van der Waals surface area contributed by atoms with Crippen molar-refractivity contribution in [2.45, 2.75) is 6.36 Å². The van der Waals surface area contributed by atoms with Gasteiger partial charge in [-0.05, 0) is 18.2 Å². The van der Waals surface area contributed by atoms with E-state index in [0.29, 0.717) is 32.3 Å². The number of fused-ring (bicyclic) bond motifs is 2. The third-order valence-corrected chi connectivity index (χ3v) is 6.15. The molecule has 0 fully saturated rings. The first-order chi connectivity index (χ1) is 16.9. The fourth-order valence-corrected chi connectivity index (χ4v) is 4.37. The van der Waals surface area contributed by atoms with Crippen LogP contribution < -0.4 is 14.8 Å². The van der Waals surface area contributed by atoms with Crippen molar-refractivity contribution in [1.82, 2.24) is 24.3 Å². The maximum atomic E-state index is 13.0. The number of aryl methyl sites for hydroxylation is 1. The molecular weight excluding hydrogens is 501 g/mol. The predicted octanol–water partition coefficient (Wildman–Crippen LogP) is 4.59. The molecule has 2 aromatic heterocycles. The molecule has 0 spiro atoms. The summed E-state index contributed by atoms with van der Waals surface area (Å²) in [6.07, 6.45) is -4.79. The van der Waals surface area contributed by atoms with Gasteiger partial charge in [-0.3, -0.25) is 9.69 Å². The minimum absolute atomic E-state index is 0.157. The minimum Gasteiger partial charge on any atom is -0.496 e. The van der Waals surface area contributed by atoms with Crippen molar-refractivity contribution in [2.75, 3.05) is 33.6 Å². The van der Waals surface area contributed by atoms with Gasteiger partial charge in [0.25, 0.3) is 5.91 Å². The number of halogens is 3. The predicted molar refractivity (Wildman–Crippen MR) is 128 cm³/mol. The van der Waals surface area contributed by atoms with Gasteiger partial charge in [0.1, 0.15) is 11.5 Å². The number of hydrogen-bond donors (Lipinski definition) is 1. The summed E-state index contributed by atoms with van der Waals surface area (Å²) in [5, 5.41) is 3.46. The van der Waals surface area contributed by atoms with Crippen molar-refractivity contribution in [1.29, 1.82) is 0 Å². The molecule has 0 saturated heterocycles. The summed E-state index contributed by atoms with van der Waals surface area (Å²) in [7, 11) is 7.60. The molecule has 14 heteroatoms. The first-order valence-electron chi connectivity index (χ1n) is 10.3. The Morgan fingerprint density at radius 1 is 1.08 bits per heavy atom. The van der Waals surface area contributed by atoms with Crippen LogP contribution in [0.3, 0.4) is 0 Å². The van der Waals surface area contributed by atoms with Gasteiger partial charge in [-0.15, -0.1) is 13.2 Å². The van der Waals surface area contributed by atoms with E-state index in [2.05, 4.69) is 20.0 Å². The molecule has 0 radical (unpaired) electrons. The Morgan fingerprint density at radius 2 is 1.81 bits per heavy atom. The summed E-state index contributed by atoms with van der Waals surface area (Å²) in [6, 6.07) is 6.55. The lowest BCUT2D eigenvalue weighted by Crippen LogP contribution is -2.40. The number of aromatic nitrogens is 3. The second-order valence-electron chi connectivity index (χ2n) is 7.90. The average molecular weight is 523 g/mol. The van der Waals surface area contributed by atoms with E-state index in [1.54, 1.807) is 17.7 Å². The number of imidazole rings is 1. The third-order valence-electron chi connectivity index (χ3n) is 5.22. The molecule has 4 aromatic rings. The number of anilines is 2. The van der Waals surface area contributed by atoms with E-state index >= 15 is 0 Å². The molecule has 0 aliphatic rings. The normalized spacial score (nSPS) is 11.6. The van der Waals surface area contributed by atoms with Crippen LogP contribution in [0.2, 0.25) is 0 Å². The Labute approximate surface area is 206 Å². The fraction of sp³-hybridized carbons (Fsp3) is 0.273. The fourth-order valence-electron chi connectivity index (χ4n) is 3.49. The molecule has 1 N–H and O–H groups in total. The molecule has 0 aliphatic heterocycles. The number of alkyl halides is 3. The van der Waals surface area contributed by atoms with Crippen LogP contribution >= 0.6 is 11.3 Å². The molecule has 0 aliphatic carbocycles. The number of amides is 3. The summed E-state index contributed by atoms with van der Waals surface area (Å²) in [5.74, 6) is -0.261. The van der Waals surface area contributed by atoms with Crippen molar-refractivity contribution >= 4 is 55.6 Å². The summed E-state index contributed by atoms with van der Waals surface area (Å²) < 4.78 is 49.1. The number of thiazole rings is 1. The van der Waals surface area contributed by atoms with Crippen LogP contribution in [0.1, 0.15) is 10.4 Å². The van der Waals surface area contributed by atoms with E-state index < -0.39 is 18.3 Å². The van der Waals surface area contributed by atoms with Crippen molar-refractivity contribution < 1.29 is 32.2 Å². The standard InChI is InChI=1S/C22H21F3N6O4S/c1-29(2)21(33)31(4)18(32)12-9-14-15(10-16(12)34-5)30(3)19(26-14)28-20-27-13-7-6-11(8-17(13)36-20)35-22(23,24)25/h6-10H,1-5H3,(H,26,27,28). The van der Waals surface area contributed by atoms with Crippen LogP contribution in [0.25, 0.3) is 21.3 Å². The lowest BCUT2D eigenvalue weighted by Gasteiger charge is -2.21. The van der Waals surface area contributed by atoms with Gasteiger partial charge in [0.05, 0.1) is 33.9 Å². The summed E-state index contributed by atoms with van der Waals surface area (Å²) in [6.45, 7) is 0. The van der Waals surface area contributed by atoms with Gasteiger partial charge in [-0.25, -0.2) is 14.8 Å². The summed E-state index contributed by atoms with van der Waals surface area (Å²) in [4.78, 5) is 36.4. The Morgan fingerprint density at radius 3 is 2.44 bits per heavy atom. The Hall–Kier alpha value is -4.07. The molecule has 2 heterocycles. The highest BCUT2D eigenvalue weighted by atomic mass is 32.1. The molecule has 0 atom stereocenters. The van der Waals surface area contributed by atoms with E-state index in [1.165, 1.54) is 57.4 Å². The maximum absolute atomic E-state index is 13.0. The number of ether oxygens (including phenoxy) is 2. The van der Waals surface area contributed by atoms with Gasteiger partial charge < -0.3 is 24.3 Å². The molecule has 0 unspecified atom stereocenters. The van der Waals surface area contributed by atoms with Crippen LogP contribution in [0.5, 0.6) is 11.5 Å².